The number of nitrogens with zero attached hydrogens (tertiary/aromatic N) is 5. The van der Waals surface area contributed by atoms with Crippen molar-refractivity contribution in [1.82, 2.24) is 24.6 Å². The van der Waals surface area contributed by atoms with E-state index in [1.807, 2.05) is 16.8 Å². The molecule has 0 saturated carbocycles. The van der Waals surface area contributed by atoms with Crippen molar-refractivity contribution in [3.63, 3.8) is 0 Å². The first-order chi connectivity index (χ1) is 11.8. The average Bonchev–Trinajstić information content (AvgIpc) is 3.15. The molecule has 1 saturated heterocycles. The number of aromatic nitrogens is 3. The fourth-order valence-corrected chi connectivity index (χ4v) is 3.39. The Kier molecular flexibility index (Phi) is 5.82. The van der Waals surface area contributed by atoms with Crippen LogP contribution >= 0.6 is 0 Å². The normalized spacial score (nSPS) is 17.8. The lowest BCUT2D eigenvalue weighted by Crippen LogP contribution is -2.47. The Morgan fingerprint density at radius 1 is 1.12 bits per heavy atom. The summed E-state index contributed by atoms with van der Waals surface area (Å²) in [5, 5.41) is 4.15. The van der Waals surface area contributed by atoms with E-state index >= 15 is 0 Å². The van der Waals surface area contributed by atoms with Gasteiger partial charge >= 0.3 is 0 Å². The van der Waals surface area contributed by atoms with Crippen molar-refractivity contribution in [2.45, 2.75) is 25.9 Å². The molecular formula is C18H27N5O. The molecule has 0 spiro atoms. The molecule has 0 radical (unpaired) electrons. The third-order valence-corrected chi connectivity index (χ3v) is 4.87. The number of methoxy groups -OCH3 is 1. The minimum Gasteiger partial charge on any atom is -0.496 e. The summed E-state index contributed by atoms with van der Waals surface area (Å²) in [4.78, 5) is 9.07. The molecule has 0 N–H and O–H groups in total. The fourth-order valence-electron chi connectivity index (χ4n) is 3.39. The van der Waals surface area contributed by atoms with E-state index in [1.54, 1.807) is 19.8 Å². The van der Waals surface area contributed by atoms with Gasteiger partial charge in [-0.05, 0) is 19.4 Å². The van der Waals surface area contributed by atoms with Crippen molar-refractivity contribution in [2.75, 3.05) is 39.8 Å². The van der Waals surface area contributed by atoms with Gasteiger partial charge in [0.1, 0.15) is 18.4 Å². The van der Waals surface area contributed by atoms with Crippen molar-refractivity contribution in [2.24, 2.45) is 0 Å². The molecule has 130 valence electrons. The Morgan fingerprint density at radius 3 is 2.62 bits per heavy atom. The molecule has 1 atom stereocenters. The zero-order valence-corrected chi connectivity index (χ0v) is 14.6. The monoisotopic (exact) mass is 329 g/mol. The third kappa shape index (κ3) is 4.13. The highest BCUT2D eigenvalue weighted by Crippen LogP contribution is 2.29. The third-order valence-electron chi connectivity index (χ3n) is 4.87. The SMILES string of the molecule is COc1ccccc1[C@H](C)N1CCN(CCCn2cncn2)CC1. The molecule has 1 aliphatic rings. The van der Waals surface area contributed by atoms with E-state index in [-0.39, 0.29) is 0 Å². The topological polar surface area (TPSA) is 46.4 Å². The number of rotatable bonds is 7. The predicted octanol–water partition coefficient (Wildman–Crippen LogP) is 2.06. The summed E-state index contributed by atoms with van der Waals surface area (Å²) < 4.78 is 7.42. The highest BCUT2D eigenvalue weighted by molar-refractivity contribution is 5.35. The number of aryl methyl sites for hydroxylation is 1. The van der Waals surface area contributed by atoms with Gasteiger partial charge in [0.05, 0.1) is 7.11 Å². The molecule has 0 unspecified atom stereocenters. The quantitative estimate of drug-likeness (QED) is 0.778. The van der Waals surface area contributed by atoms with Crippen LogP contribution in [0.3, 0.4) is 0 Å². The highest BCUT2D eigenvalue weighted by atomic mass is 16.5. The van der Waals surface area contributed by atoms with Gasteiger partial charge in [-0.3, -0.25) is 9.58 Å². The Balaban J connectivity index is 1.46. The zero-order chi connectivity index (χ0) is 16.8. The van der Waals surface area contributed by atoms with Gasteiger partial charge in [0.25, 0.3) is 0 Å². The second-order valence-electron chi connectivity index (χ2n) is 6.31. The van der Waals surface area contributed by atoms with E-state index in [2.05, 4.69) is 38.9 Å². The average molecular weight is 329 g/mol. The van der Waals surface area contributed by atoms with Crippen LogP contribution in [0.15, 0.2) is 36.9 Å². The van der Waals surface area contributed by atoms with E-state index < -0.39 is 0 Å². The van der Waals surface area contributed by atoms with Gasteiger partial charge in [0.15, 0.2) is 0 Å². The summed E-state index contributed by atoms with van der Waals surface area (Å²) in [6.45, 7) is 8.78. The number of piperazine rings is 1. The first kappa shape index (κ1) is 16.9. The van der Waals surface area contributed by atoms with Crippen LogP contribution in [0.5, 0.6) is 5.75 Å². The lowest BCUT2D eigenvalue weighted by Gasteiger charge is -2.38. The summed E-state index contributed by atoms with van der Waals surface area (Å²) >= 11 is 0. The maximum absolute atomic E-state index is 5.52. The van der Waals surface area contributed by atoms with Crippen LogP contribution in [-0.4, -0.2) is 64.4 Å². The minimum absolute atomic E-state index is 0.387. The Bertz CT molecular complexity index is 608. The minimum atomic E-state index is 0.387. The number of ether oxygens (including phenoxy) is 1. The Morgan fingerprint density at radius 2 is 1.92 bits per heavy atom. The van der Waals surface area contributed by atoms with Crippen LogP contribution in [0, 0.1) is 0 Å². The van der Waals surface area contributed by atoms with Crippen LogP contribution in [0.25, 0.3) is 0 Å². The molecule has 6 nitrogen and oxygen atoms in total. The molecule has 0 aliphatic carbocycles. The van der Waals surface area contributed by atoms with Gasteiger partial charge in [-0.25, -0.2) is 4.98 Å². The molecule has 0 bridgehead atoms. The van der Waals surface area contributed by atoms with Crippen molar-refractivity contribution < 1.29 is 4.74 Å². The second-order valence-corrected chi connectivity index (χ2v) is 6.31. The highest BCUT2D eigenvalue weighted by Gasteiger charge is 2.23. The van der Waals surface area contributed by atoms with Gasteiger partial charge in [0, 0.05) is 50.9 Å². The number of para-hydroxylation sites is 1. The van der Waals surface area contributed by atoms with Crippen LogP contribution < -0.4 is 4.74 Å². The first-order valence-electron chi connectivity index (χ1n) is 8.69. The summed E-state index contributed by atoms with van der Waals surface area (Å²) in [5.74, 6) is 0.986. The molecular weight excluding hydrogens is 302 g/mol. The van der Waals surface area contributed by atoms with Crippen molar-refractivity contribution in [1.29, 1.82) is 0 Å². The largest absolute Gasteiger partial charge is 0.496 e. The Labute approximate surface area is 144 Å². The predicted molar refractivity (Wildman–Crippen MR) is 94.1 cm³/mol. The molecule has 3 rings (SSSR count). The van der Waals surface area contributed by atoms with Gasteiger partial charge in [-0.1, -0.05) is 18.2 Å². The van der Waals surface area contributed by atoms with E-state index in [0.29, 0.717) is 6.04 Å². The van der Waals surface area contributed by atoms with Crippen LogP contribution in [0.2, 0.25) is 0 Å². The molecule has 1 aliphatic heterocycles. The number of benzene rings is 1. The van der Waals surface area contributed by atoms with E-state index in [9.17, 15) is 0 Å². The van der Waals surface area contributed by atoms with E-state index in [0.717, 1.165) is 51.4 Å². The first-order valence-corrected chi connectivity index (χ1v) is 8.69. The van der Waals surface area contributed by atoms with Gasteiger partial charge < -0.3 is 9.64 Å². The second kappa shape index (κ2) is 8.26. The zero-order valence-electron chi connectivity index (χ0n) is 14.6. The molecule has 24 heavy (non-hydrogen) atoms. The molecule has 2 heterocycles. The van der Waals surface area contributed by atoms with Gasteiger partial charge in [-0.15, -0.1) is 0 Å². The summed E-state index contributed by atoms with van der Waals surface area (Å²) in [5.41, 5.74) is 1.28. The molecule has 1 fully saturated rings. The smallest absolute Gasteiger partial charge is 0.137 e. The van der Waals surface area contributed by atoms with Crippen LogP contribution in [0.4, 0.5) is 0 Å². The van der Waals surface area contributed by atoms with Gasteiger partial charge in [0.2, 0.25) is 0 Å². The standard InChI is InChI=1S/C18H27N5O/c1-16(17-6-3-4-7-18(17)24-2)22-12-10-21(11-13-22)8-5-9-23-15-19-14-20-23/h3-4,6-7,14-16H,5,8-13H2,1-2H3/t16-/m0/s1. The molecule has 2 aromatic rings. The summed E-state index contributed by atoms with van der Waals surface area (Å²) in [7, 11) is 1.75. The summed E-state index contributed by atoms with van der Waals surface area (Å²) in [6.07, 6.45) is 4.50. The Hall–Kier alpha value is -1.92. The van der Waals surface area contributed by atoms with Crippen molar-refractivity contribution >= 4 is 0 Å². The van der Waals surface area contributed by atoms with Gasteiger partial charge in [-0.2, -0.15) is 5.10 Å². The van der Waals surface area contributed by atoms with Crippen LogP contribution in [-0.2, 0) is 6.54 Å². The van der Waals surface area contributed by atoms with Crippen molar-refractivity contribution in [3.05, 3.63) is 42.5 Å². The van der Waals surface area contributed by atoms with Crippen LogP contribution in [0.1, 0.15) is 24.9 Å². The summed E-state index contributed by atoms with van der Waals surface area (Å²) in [6, 6.07) is 8.73. The molecule has 0 amide bonds. The number of hydrogen-bond acceptors (Lipinski definition) is 5. The molecule has 1 aromatic carbocycles. The maximum atomic E-state index is 5.52. The molecule has 6 heteroatoms. The number of hydrogen-bond donors (Lipinski definition) is 0. The van der Waals surface area contributed by atoms with E-state index in [1.165, 1.54) is 5.56 Å². The lowest BCUT2D eigenvalue weighted by atomic mass is 10.0. The lowest BCUT2D eigenvalue weighted by molar-refractivity contribution is 0.0994. The fraction of sp³-hybridized carbons (Fsp3) is 0.556. The molecule has 1 aromatic heterocycles. The van der Waals surface area contributed by atoms with Crippen molar-refractivity contribution in [3.8, 4) is 5.75 Å². The van der Waals surface area contributed by atoms with E-state index in [4.69, 9.17) is 4.74 Å². The maximum Gasteiger partial charge on any atom is 0.137 e.